The largest absolute Gasteiger partial charge is 0.474 e. The van der Waals surface area contributed by atoms with E-state index in [0.717, 1.165) is 10.3 Å². The number of halogens is 1. The van der Waals surface area contributed by atoms with Crippen LogP contribution in [0.4, 0.5) is 5.69 Å². The van der Waals surface area contributed by atoms with Crippen molar-refractivity contribution in [2.45, 2.75) is 19.4 Å². The van der Waals surface area contributed by atoms with Gasteiger partial charge in [0.25, 0.3) is 0 Å². The number of hydrogen-bond donors (Lipinski definition) is 1. The van der Waals surface area contributed by atoms with Crippen molar-refractivity contribution in [1.82, 2.24) is 4.98 Å². The molecule has 0 atom stereocenters. The van der Waals surface area contributed by atoms with Crippen LogP contribution in [0, 0.1) is 0 Å². The number of ether oxygens (including phenoxy) is 1. The van der Waals surface area contributed by atoms with E-state index in [1.807, 2.05) is 12.1 Å². The van der Waals surface area contributed by atoms with Gasteiger partial charge in [0, 0.05) is 0 Å². The quantitative estimate of drug-likeness (QED) is 0.710. The monoisotopic (exact) mass is 242 g/mol. The summed E-state index contributed by atoms with van der Waals surface area (Å²) in [4.78, 5) is 4.21. The fourth-order valence-corrected chi connectivity index (χ4v) is 1.57. The van der Waals surface area contributed by atoms with Crippen LogP contribution in [-0.4, -0.2) is 17.1 Å². The van der Waals surface area contributed by atoms with Crippen molar-refractivity contribution in [3.05, 3.63) is 16.7 Å². The molecule has 2 heterocycles. The SMILES string of the molecule is CC1(C)COc2nc(Br)ccc2N1. The average molecular weight is 243 g/mol. The fraction of sp³-hybridized carbons (Fsp3) is 0.444. The Labute approximate surface area is 85.6 Å². The molecule has 0 bridgehead atoms. The van der Waals surface area contributed by atoms with Gasteiger partial charge in [0.2, 0.25) is 5.88 Å². The number of rotatable bonds is 0. The van der Waals surface area contributed by atoms with Crippen molar-refractivity contribution >= 4 is 21.6 Å². The molecule has 1 N–H and O–H groups in total. The first-order valence-corrected chi connectivity index (χ1v) is 4.94. The third-order valence-corrected chi connectivity index (χ3v) is 2.31. The van der Waals surface area contributed by atoms with Crippen molar-refractivity contribution in [1.29, 1.82) is 0 Å². The molecule has 0 amide bonds. The average Bonchev–Trinajstić information content (AvgIpc) is 2.05. The molecule has 0 aliphatic carbocycles. The second kappa shape index (κ2) is 2.87. The van der Waals surface area contributed by atoms with Crippen LogP contribution in [0.25, 0.3) is 0 Å². The molecule has 1 aliphatic heterocycles. The van der Waals surface area contributed by atoms with Crippen LogP contribution in [0.5, 0.6) is 5.88 Å². The zero-order valence-corrected chi connectivity index (χ0v) is 9.18. The van der Waals surface area contributed by atoms with E-state index in [1.165, 1.54) is 0 Å². The van der Waals surface area contributed by atoms with E-state index >= 15 is 0 Å². The summed E-state index contributed by atoms with van der Waals surface area (Å²) in [5, 5.41) is 3.36. The number of nitrogens with zero attached hydrogens (tertiary/aromatic N) is 1. The maximum absolute atomic E-state index is 5.52. The number of hydrogen-bond acceptors (Lipinski definition) is 3. The molecule has 1 aliphatic rings. The summed E-state index contributed by atoms with van der Waals surface area (Å²) in [7, 11) is 0. The van der Waals surface area contributed by atoms with E-state index in [2.05, 4.69) is 40.1 Å². The zero-order chi connectivity index (χ0) is 9.47. The van der Waals surface area contributed by atoms with E-state index in [-0.39, 0.29) is 5.54 Å². The molecular formula is C9H11BrN2O. The molecule has 0 saturated heterocycles. The number of fused-ring (bicyclic) bond motifs is 1. The standard InChI is InChI=1S/C9H11BrN2O/c1-9(2)5-13-8-6(12-9)3-4-7(10)11-8/h3-4,12H,5H2,1-2H3. The Morgan fingerprint density at radius 3 is 3.08 bits per heavy atom. The van der Waals surface area contributed by atoms with Gasteiger partial charge in [-0.1, -0.05) is 0 Å². The van der Waals surface area contributed by atoms with Crippen molar-refractivity contribution in [3.8, 4) is 5.88 Å². The van der Waals surface area contributed by atoms with Gasteiger partial charge in [-0.25, -0.2) is 4.98 Å². The zero-order valence-electron chi connectivity index (χ0n) is 7.60. The predicted octanol–water partition coefficient (Wildman–Crippen LogP) is 2.43. The van der Waals surface area contributed by atoms with Gasteiger partial charge in [-0.2, -0.15) is 0 Å². The van der Waals surface area contributed by atoms with E-state index in [0.29, 0.717) is 12.5 Å². The van der Waals surface area contributed by atoms with E-state index in [4.69, 9.17) is 4.74 Å². The molecule has 3 nitrogen and oxygen atoms in total. The van der Waals surface area contributed by atoms with E-state index < -0.39 is 0 Å². The van der Waals surface area contributed by atoms with Crippen LogP contribution in [0.2, 0.25) is 0 Å². The molecule has 0 saturated carbocycles. The molecule has 70 valence electrons. The van der Waals surface area contributed by atoms with Gasteiger partial charge < -0.3 is 10.1 Å². The van der Waals surface area contributed by atoms with Crippen LogP contribution in [-0.2, 0) is 0 Å². The van der Waals surface area contributed by atoms with Crippen molar-refractivity contribution in [2.24, 2.45) is 0 Å². The van der Waals surface area contributed by atoms with Crippen molar-refractivity contribution in [3.63, 3.8) is 0 Å². The Balaban J connectivity index is 2.37. The molecule has 0 radical (unpaired) electrons. The third kappa shape index (κ3) is 1.77. The van der Waals surface area contributed by atoms with Gasteiger partial charge in [0.15, 0.2) is 0 Å². The Bertz CT molecular complexity index is 338. The summed E-state index contributed by atoms with van der Waals surface area (Å²) in [6.45, 7) is 4.83. The second-order valence-corrected chi connectivity index (χ2v) is 4.60. The van der Waals surface area contributed by atoms with Crippen LogP contribution in [0.3, 0.4) is 0 Å². The minimum atomic E-state index is -0.0114. The first kappa shape index (κ1) is 8.81. The van der Waals surface area contributed by atoms with Crippen molar-refractivity contribution < 1.29 is 4.74 Å². The molecule has 1 aromatic heterocycles. The lowest BCUT2D eigenvalue weighted by Gasteiger charge is -2.32. The fourth-order valence-electron chi connectivity index (χ4n) is 1.27. The normalized spacial score (nSPS) is 18.4. The van der Waals surface area contributed by atoms with Crippen LogP contribution < -0.4 is 10.1 Å². The highest BCUT2D eigenvalue weighted by Crippen LogP contribution is 2.31. The first-order chi connectivity index (χ1) is 6.07. The number of nitrogens with one attached hydrogen (secondary N) is 1. The summed E-state index contributed by atoms with van der Waals surface area (Å²) in [5.41, 5.74) is 0.946. The summed E-state index contributed by atoms with van der Waals surface area (Å²) < 4.78 is 6.31. The number of anilines is 1. The molecule has 4 heteroatoms. The number of pyridine rings is 1. The molecule has 0 fully saturated rings. The highest BCUT2D eigenvalue weighted by Gasteiger charge is 2.26. The first-order valence-electron chi connectivity index (χ1n) is 4.14. The van der Waals surface area contributed by atoms with Gasteiger partial charge in [-0.05, 0) is 41.9 Å². The molecule has 13 heavy (non-hydrogen) atoms. The maximum atomic E-state index is 5.52. The van der Waals surface area contributed by atoms with Crippen LogP contribution in [0.1, 0.15) is 13.8 Å². The molecule has 2 rings (SSSR count). The molecular weight excluding hydrogens is 232 g/mol. The van der Waals surface area contributed by atoms with Crippen molar-refractivity contribution in [2.75, 3.05) is 11.9 Å². The maximum Gasteiger partial charge on any atom is 0.238 e. The Morgan fingerprint density at radius 2 is 2.31 bits per heavy atom. The minimum absolute atomic E-state index is 0.0114. The Hall–Kier alpha value is -0.770. The van der Waals surface area contributed by atoms with Gasteiger partial charge >= 0.3 is 0 Å². The smallest absolute Gasteiger partial charge is 0.238 e. The predicted molar refractivity (Wildman–Crippen MR) is 55.1 cm³/mol. The molecule has 1 aromatic rings. The molecule has 0 aromatic carbocycles. The highest BCUT2D eigenvalue weighted by atomic mass is 79.9. The summed E-state index contributed by atoms with van der Waals surface area (Å²) in [6, 6.07) is 3.86. The van der Waals surface area contributed by atoms with Gasteiger partial charge in [0.05, 0.1) is 11.2 Å². The highest BCUT2D eigenvalue weighted by molar-refractivity contribution is 9.10. The van der Waals surface area contributed by atoms with E-state index in [9.17, 15) is 0 Å². The number of aromatic nitrogens is 1. The van der Waals surface area contributed by atoms with Crippen LogP contribution >= 0.6 is 15.9 Å². The molecule has 0 spiro atoms. The van der Waals surface area contributed by atoms with Crippen LogP contribution in [0.15, 0.2) is 16.7 Å². The molecule has 0 unspecified atom stereocenters. The lowest BCUT2D eigenvalue weighted by Crippen LogP contribution is -2.41. The van der Waals surface area contributed by atoms with Gasteiger partial charge in [-0.15, -0.1) is 0 Å². The topological polar surface area (TPSA) is 34.1 Å². The lowest BCUT2D eigenvalue weighted by molar-refractivity contribution is 0.232. The summed E-state index contributed by atoms with van der Waals surface area (Å²) in [5.74, 6) is 0.675. The third-order valence-electron chi connectivity index (χ3n) is 1.87. The van der Waals surface area contributed by atoms with Gasteiger partial charge in [-0.3, -0.25) is 0 Å². The Morgan fingerprint density at radius 1 is 1.54 bits per heavy atom. The second-order valence-electron chi connectivity index (χ2n) is 3.78. The lowest BCUT2D eigenvalue weighted by atomic mass is 10.1. The van der Waals surface area contributed by atoms with Gasteiger partial charge in [0.1, 0.15) is 11.2 Å². The Kier molecular flexibility index (Phi) is 1.95. The summed E-state index contributed by atoms with van der Waals surface area (Å²) >= 11 is 3.30. The summed E-state index contributed by atoms with van der Waals surface area (Å²) in [6.07, 6.45) is 0. The minimum Gasteiger partial charge on any atom is -0.474 e. The van der Waals surface area contributed by atoms with E-state index in [1.54, 1.807) is 0 Å².